The first kappa shape index (κ1) is 16.0. The van der Waals surface area contributed by atoms with Gasteiger partial charge in [-0.25, -0.2) is 0 Å². The summed E-state index contributed by atoms with van der Waals surface area (Å²) < 4.78 is 0. The van der Waals surface area contributed by atoms with E-state index in [1.165, 1.54) is 64.2 Å². The van der Waals surface area contributed by atoms with E-state index in [9.17, 15) is 0 Å². The van der Waals surface area contributed by atoms with E-state index in [1.807, 2.05) is 0 Å². The maximum Gasteiger partial charge on any atom is -0.00773 e. The van der Waals surface area contributed by atoms with Crippen molar-refractivity contribution in [2.75, 3.05) is 6.54 Å². The fraction of sp³-hybridized carbons (Fsp3) is 1.00. The molecule has 0 fully saturated rings. The lowest BCUT2D eigenvalue weighted by molar-refractivity contribution is 0.186. The molecule has 0 radical (unpaired) electrons. The smallest absolute Gasteiger partial charge is 0.00773 e. The Balaban J connectivity index is 4.12. The van der Waals surface area contributed by atoms with Crippen molar-refractivity contribution in [3.63, 3.8) is 0 Å². The molecule has 0 amide bonds. The van der Waals surface area contributed by atoms with Gasteiger partial charge in [-0.05, 0) is 44.1 Å². The van der Waals surface area contributed by atoms with Crippen LogP contribution in [0.2, 0.25) is 0 Å². The van der Waals surface area contributed by atoms with Gasteiger partial charge in [0.1, 0.15) is 0 Å². The lowest BCUT2D eigenvalue weighted by Gasteiger charge is -2.34. The summed E-state index contributed by atoms with van der Waals surface area (Å²) in [6, 6.07) is 0. The molecule has 0 rings (SSSR count). The van der Waals surface area contributed by atoms with Crippen LogP contribution in [0.1, 0.15) is 85.0 Å². The Morgan fingerprint density at radius 1 is 0.688 bits per heavy atom. The molecule has 0 aromatic heterocycles. The highest BCUT2D eigenvalue weighted by molar-refractivity contribution is 4.78. The number of hydrogen-bond donors (Lipinski definition) is 1. The van der Waals surface area contributed by atoms with E-state index in [0.29, 0.717) is 5.41 Å². The summed E-state index contributed by atoms with van der Waals surface area (Å²) in [7, 11) is 0. The molecule has 98 valence electrons. The molecular weight excluding hydrogens is 194 g/mol. The van der Waals surface area contributed by atoms with Gasteiger partial charge in [0.2, 0.25) is 0 Å². The van der Waals surface area contributed by atoms with E-state index in [1.54, 1.807) is 0 Å². The van der Waals surface area contributed by atoms with Crippen LogP contribution in [0.3, 0.4) is 0 Å². The van der Waals surface area contributed by atoms with Gasteiger partial charge in [0.05, 0.1) is 0 Å². The molecule has 16 heavy (non-hydrogen) atoms. The van der Waals surface area contributed by atoms with Crippen molar-refractivity contribution in [3.8, 4) is 0 Å². The van der Waals surface area contributed by atoms with Crippen LogP contribution in [-0.4, -0.2) is 6.54 Å². The maximum atomic E-state index is 5.55. The molecule has 0 atom stereocenters. The molecule has 0 aliphatic heterocycles. The lowest BCUT2D eigenvalue weighted by Crippen LogP contribution is -2.20. The number of unbranched alkanes of at least 4 members (excludes halogenated alkanes) is 2. The van der Waals surface area contributed by atoms with Gasteiger partial charge in [0, 0.05) is 0 Å². The fourth-order valence-electron chi connectivity index (χ4n) is 3.16. The Kier molecular flexibility index (Phi) is 10.1. The summed E-state index contributed by atoms with van der Waals surface area (Å²) in [6.07, 6.45) is 13.7. The van der Waals surface area contributed by atoms with E-state index in [2.05, 4.69) is 20.8 Å². The molecule has 0 heterocycles. The summed E-state index contributed by atoms with van der Waals surface area (Å²) >= 11 is 0. The first-order chi connectivity index (χ1) is 7.74. The van der Waals surface area contributed by atoms with Gasteiger partial charge in [-0.1, -0.05) is 52.9 Å². The average molecular weight is 227 g/mol. The van der Waals surface area contributed by atoms with Crippen LogP contribution in [0.15, 0.2) is 0 Å². The summed E-state index contributed by atoms with van der Waals surface area (Å²) in [5.41, 5.74) is 6.21. The third-order valence-corrected chi connectivity index (χ3v) is 3.75. The van der Waals surface area contributed by atoms with Gasteiger partial charge < -0.3 is 5.73 Å². The van der Waals surface area contributed by atoms with Crippen LogP contribution in [0, 0.1) is 5.41 Å². The molecule has 0 aromatic rings. The van der Waals surface area contributed by atoms with Crippen LogP contribution in [0.4, 0.5) is 0 Å². The zero-order valence-electron chi connectivity index (χ0n) is 11.9. The topological polar surface area (TPSA) is 26.0 Å². The third-order valence-electron chi connectivity index (χ3n) is 3.75. The van der Waals surface area contributed by atoms with Crippen molar-refractivity contribution in [1.82, 2.24) is 0 Å². The van der Waals surface area contributed by atoms with Crippen LogP contribution >= 0.6 is 0 Å². The van der Waals surface area contributed by atoms with Crippen LogP contribution in [0.25, 0.3) is 0 Å². The van der Waals surface area contributed by atoms with Gasteiger partial charge in [0.25, 0.3) is 0 Å². The van der Waals surface area contributed by atoms with Crippen LogP contribution in [0.5, 0.6) is 0 Å². The summed E-state index contributed by atoms with van der Waals surface area (Å²) in [5.74, 6) is 0. The quantitative estimate of drug-likeness (QED) is 0.500. The molecule has 1 heteroatoms. The summed E-state index contributed by atoms with van der Waals surface area (Å²) in [5, 5.41) is 0. The first-order valence-electron chi connectivity index (χ1n) is 7.44. The molecule has 2 N–H and O–H groups in total. The van der Waals surface area contributed by atoms with Crippen molar-refractivity contribution in [1.29, 1.82) is 0 Å². The Morgan fingerprint density at radius 2 is 1.19 bits per heavy atom. The molecule has 0 aromatic carbocycles. The molecule has 0 spiro atoms. The SMILES string of the molecule is CCCC(CCC)(CCC)CCCCCN. The largest absolute Gasteiger partial charge is 0.330 e. The molecule has 0 aliphatic rings. The van der Waals surface area contributed by atoms with Gasteiger partial charge >= 0.3 is 0 Å². The molecule has 0 bridgehead atoms. The molecule has 0 unspecified atom stereocenters. The number of nitrogens with two attached hydrogens (primary N) is 1. The standard InChI is InChI=1S/C15H33N/c1-4-10-15(11-5-2,12-6-3)13-8-7-9-14-16/h4-14,16H2,1-3H3. The molecule has 0 saturated heterocycles. The van der Waals surface area contributed by atoms with Gasteiger partial charge in [0.15, 0.2) is 0 Å². The minimum absolute atomic E-state index is 0.660. The Hall–Kier alpha value is -0.0400. The highest BCUT2D eigenvalue weighted by Gasteiger charge is 2.26. The van der Waals surface area contributed by atoms with E-state index < -0.39 is 0 Å². The predicted octanol–water partition coefficient (Wildman–Crippen LogP) is 4.89. The monoisotopic (exact) mass is 227 g/mol. The normalized spacial score (nSPS) is 12.0. The van der Waals surface area contributed by atoms with E-state index in [0.717, 1.165) is 6.54 Å². The van der Waals surface area contributed by atoms with Crippen molar-refractivity contribution in [3.05, 3.63) is 0 Å². The zero-order valence-corrected chi connectivity index (χ0v) is 11.9. The predicted molar refractivity (Wildman–Crippen MR) is 74.7 cm³/mol. The summed E-state index contributed by atoms with van der Waals surface area (Å²) in [4.78, 5) is 0. The molecule has 0 saturated carbocycles. The van der Waals surface area contributed by atoms with Crippen LogP contribution < -0.4 is 5.73 Å². The highest BCUT2D eigenvalue weighted by Crippen LogP contribution is 2.40. The minimum Gasteiger partial charge on any atom is -0.330 e. The highest BCUT2D eigenvalue weighted by atomic mass is 14.5. The Bertz CT molecular complexity index is 125. The van der Waals surface area contributed by atoms with Crippen molar-refractivity contribution in [2.24, 2.45) is 11.1 Å². The maximum absolute atomic E-state index is 5.55. The first-order valence-corrected chi connectivity index (χ1v) is 7.44. The van der Waals surface area contributed by atoms with Crippen molar-refractivity contribution >= 4 is 0 Å². The third kappa shape index (κ3) is 6.52. The van der Waals surface area contributed by atoms with Crippen molar-refractivity contribution in [2.45, 2.75) is 85.0 Å². The summed E-state index contributed by atoms with van der Waals surface area (Å²) in [6.45, 7) is 7.86. The molecular formula is C15H33N. The second-order valence-electron chi connectivity index (χ2n) is 5.35. The Morgan fingerprint density at radius 3 is 1.56 bits per heavy atom. The van der Waals surface area contributed by atoms with Crippen LogP contribution in [-0.2, 0) is 0 Å². The van der Waals surface area contributed by atoms with Gasteiger partial charge in [-0.3, -0.25) is 0 Å². The number of rotatable bonds is 11. The Labute approximate surface area is 103 Å². The average Bonchev–Trinajstić information content (AvgIpc) is 2.26. The van der Waals surface area contributed by atoms with Gasteiger partial charge in [-0.2, -0.15) is 0 Å². The van der Waals surface area contributed by atoms with E-state index >= 15 is 0 Å². The minimum atomic E-state index is 0.660. The van der Waals surface area contributed by atoms with Gasteiger partial charge in [-0.15, -0.1) is 0 Å². The second kappa shape index (κ2) is 10.1. The fourth-order valence-corrected chi connectivity index (χ4v) is 3.16. The molecule has 0 aliphatic carbocycles. The van der Waals surface area contributed by atoms with E-state index in [4.69, 9.17) is 5.73 Å². The zero-order chi connectivity index (χ0) is 12.3. The lowest BCUT2D eigenvalue weighted by atomic mass is 9.72. The van der Waals surface area contributed by atoms with E-state index in [-0.39, 0.29) is 0 Å². The molecule has 1 nitrogen and oxygen atoms in total. The van der Waals surface area contributed by atoms with Crippen molar-refractivity contribution < 1.29 is 0 Å². The number of hydrogen-bond acceptors (Lipinski definition) is 1. The second-order valence-corrected chi connectivity index (χ2v) is 5.35.